The van der Waals surface area contributed by atoms with Crippen LogP contribution in [-0.2, 0) is 6.42 Å². The molecule has 2 aromatic heterocycles. The summed E-state index contributed by atoms with van der Waals surface area (Å²) in [5.41, 5.74) is -2.04. The highest BCUT2D eigenvalue weighted by molar-refractivity contribution is 6.30. The number of fused-ring (bicyclic) bond motifs is 1. The van der Waals surface area contributed by atoms with Gasteiger partial charge in [0, 0.05) is 18.2 Å². The zero-order chi connectivity index (χ0) is 23.1. The van der Waals surface area contributed by atoms with E-state index in [9.17, 15) is 29.0 Å². The van der Waals surface area contributed by atoms with E-state index in [2.05, 4.69) is 4.98 Å². The van der Waals surface area contributed by atoms with Gasteiger partial charge in [0.2, 0.25) is 5.43 Å². The van der Waals surface area contributed by atoms with Crippen molar-refractivity contribution in [3.05, 3.63) is 78.6 Å². The normalized spacial score (nSPS) is 12.8. The van der Waals surface area contributed by atoms with Crippen molar-refractivity contribution in [1.29, 1.82) is 0 Å². The molecule has 0 radical (unpaired) electrons. The summed E-state index contributed by atoms with van der Waals surface area (Å²) in [4.78, 5) is 39.9. The Bertz CT molecular complexity index is 1290. The number of carboxylic acid groups (broad SMARTS) is 1. The van der Waals surface area contributed by atoms with Crippen LogP contribution in [0.15, 0.2) is 40.1 Å². The molecule has 2 heterocycles. The van der Waals surface area contributed by atoms with Gasteiger partial charge in [-0.1, -0.05) is 44.5 Å². The number of halogens is 2. The van der Waals surface area contributed by atoms with Crippen molar-refractivity contribution in [2.75, 3.05) is 6.61 Å². The number of pyridine rings is 2. The van der Waals surface area contributed by atoms with Crippen molar-refractivity contribution in [2.45, 2.75) is 33.2 Å². The van der Waals surface area contributed by atoms with E-state index >= 15 is 0 Å². The number of hydrogen-bond acceptors (Lipinski definition) is 4. The van der Waals surface area contributed by atoms with Crippen molar-refractivity contribution in [1.82, 2.24) is 9.55 Å². The summed E-state index contributed by atoms with van der Waals surface area (Å²) in [5, 5.41) is 19.3. The van der Waals surface area contributed by atoms with Crippen LogP contribution in [0.3, 0.4) is 0 Å². The number of aromatic amines is 1. The Morgan fingerprint density at radius 2 is 1.94 bits per heavy atom. The Kier molecular flexibility index (Phi) is 6.07. The van der Waals surface area contributed by atoms with Gasteiger partial charge in [-0.25, -0.2) is 9.18 Å². The Balaban J connectivity index is 2.32. The number of aromatic nitrogens is 2. The third-order valence-electron chi connectivity index (χ3n) is 5.26. The lowest BCUT2D eigenvalue weighted by molar-refractivity contribution is 0.0692. The maximum Gasteiger partial charge on any atom is 0.341 e. The highest BCUT2D eigenvalue weighted by Gasteiger charge is 2.29. The molecular formula is C22H22ClFN2O5. The van der Waals surface area contributed by atoms with Gasteiger partial charge in [-0.15, -0.1) is 0 Å². The minimum Gasteiger partial charge on any atom is -0.477 e. The molecule has 0 saturated carbocycles. The zero-order valence-electron chi connectivity index (χ0n) is 17.2. The van der Waals surface area contributed by atoms with Gasteiger partial charge in [-0.2, -0.15) is 0 Å². The molecule has 3 rings (SSSR count). The molecule has 3 aromatic rings. The number of aromatic carboxylic acids is 1. The quantitative estimate of drug-likeness (QED) is 0.554. The molecule has 1 aromatic carbocycles. The molecular weight excluding hydrogens is 427 g/mol. The molecule has 0 aliphatic rings. The molecule has 0 bridgehead atoms. The smallest absolute Gasteiger partial charge is 0.341 e. The number of carboxylic acids is 1. The van der Waals surface area contributed by atoms with E-state index in [4.69, 9.17) is 11.6 Å². The third kappa shape index (κ3) is 4.26. The molecule has 0 spiro atoms. The second-order valence-electron chi connectivity index (χ2n) is 8.42. The van der Waals surface area contributed by atoms with Crippen LogP contribution < -0.4 is 11.0 Å². The van der Waals surface area contributed by atoms with Crippen molar-refractivity contribution < 1.29 is 19.4 Å². The first kappa shape index (κ1) is 22.7. The summed E-state index contributed by atoms with van der Waals surface area (Å²) < 4.78 is 15.7. The molecule has 0 aliphatic carbocycles. The van der Waals surface area contributed by atoms with Gasteiger partial charge in [0.25, 0.3) is 5.56 Å². The average Bonchev–Trinajstić information content (AvgIpc) is 2.67. The second kappa shape index (κ2) is 8.28. The fourth-order valence-corrected chi connectivity index (χ4v) is 3.74. The first-order valence-corrected chi connectivity index (χ1v) is 9.91. The Morgan fingerprint density at radius 1 is 1.26 bits per heavy atom. The number of H-pyrrole nitrogens is 1. The number of benzene rings is 1. The molecule has 0 aliphatic heterocycles. The summed E-state index contributed by atoms with van der Waals surface area (Å²) in [5.74, 6) is -2.10. The Hall–Kier alpha value is -2.97. The third-order valence-corrected chi connectivity index (χ3v) is 5.56. The number of rotatable bonds is 5. The standard InChI is InChI=1S/C22H22ClFN2O5/c1-22(2,3)16(10-27)26-9-14(21(30)31)18(28)13-8-12(20(29)25-19(13)26)7-11-5-4-6-15(23)17(11)24/h4-6,8-9,16,27H,7,10H2,1-3H3,(H,25,29)(H,30,31)/t16-/m1/s1. The number of nitrogens with zero attached hydrogens (tertiary/aromatic N) is 1. The predicted molar refractivity (Wildman–Crippen MR) is 116 cm³/mol. The lowest BCUT2D eigenvalue weighted by atomic mass is 9.86. The Labute approximate surface area is 181 Å². The van der Waals surface area contributed by atoms with Crippen LogP contribution in [0.5, 0.6) is 0 Å². The van der Waals surface area contributed by atoms with Gasteiger partial charge in [0.05, 0.1) is 23.1 Å². The number of aliphatic hydroxyl groups is 1. The van der Waals surface area contributed by atoms with Crippen LogP contribution in [0.2, 0.25) is 5.02 Å². The minimum atomic E-state index is -1.43. The van der Waals surface area contributed by atoms with Gasteiger partial charge >= 0.3 is 5.97 Å². The number of hydrogen-bond donors (Lipinski definition) is 3. The summed E-state index contributed by atoms with van der Waals surface area (Å²) in [6, 6.07) is 5.04. The maximum atomic E-state index is 14.3. The molecule has 0 amide bonds. The molecule has 7 nitrogen and oxygen atoms in total. The van der Waals surface area contributed by atoms with E-state index in [-0.39, 0.29) is 40.2 Å². The van der Waals surface area contributed by atoms with Gasteiger partial charge in [0.15, 0.2) is 0 Å². The van der Waals surface area contributed by atoms with E-state index in [1.54, 1.807) is 6.07 Å². The summed E-state index contributed by atoms with van der Waals surface area (Å²) in [7, 11) is 0. The number of carbonyl (C=O) groups is 1. The zero-order valence-corrected chi connectivity index (χ0v) is 18.0. The van der Waals surface area contributed by atoms with Crippen LogP contribution in [0, 0.1) is 11.2 Å². The first-order chi connectivity index (χ1) is 14.5. The summed E-state index contributed by atoms with van der Waals surface area (Å²) in [6.07, 6.45) is 0.989. The van der Waals surface area contributed by atoms with Gasteiger partial charge in [-0.05, 0) is 23.1 Å². The van der Waals surface area contributed by atoms with Gasteiger partial charge < -0.3 is 19.8 Å². The van der Waals surface area contributed by atoms with E-state index in [0.29, 0.717) is 0 Å². The summed E-state index contributed by atoms with van der Waals surface area (Å²) >= 11 is 5.81. The monoisotopic (exact) mass is 448 g/mol. The average molecular weight is 449 g/mol. The van der Waals surface area contributed by atoms with Crippen LogP contribution >= 0.6 is 11.6 Å². The molecule has 9 heteroatoms. The van der Waals surface area contributed by atoms with E-state index in [0.717, 1.165) is 6.20 Å². The molecule has 0 unspecified atom stereocenters. The predicted octanol–water partition coefficient (Wildman–Crippen LogP) is 3.35. The van der Waals surface area contributed by atoms with Gasteiger partial charge in [0.1, 0.15) is 17.0 Å². The summed E-state index contributed by atoms with van der Waals surface area (Å²) in [6.45, 7) is 5.17. The maximum absolute atomic E-state index is 14.3. The fraction of sp³-hybridized carbons (Fsp3) is 0.318. The van der Waals surface area contributed by atoms with E-state index in [1.807, 2.05) is 20.8 Å². The lowest BCUT2D eigenvalue weighted by Crippen LogP contribution is -2.32. The minimum absolute atomic E-state index is 0.0420. The molecule has 0 fully saturated rings. The largest absolute Gasteiger partial charge is 0.477 e. The van der Waals surface area contributed by atoms with E-state index in [1.165, 1.54) is 22.8 Å². The number of aliphatic hydroxyl groups excluding tert-OH is 1. The van der Waals surface area contributed by atoms with Crippen LogP contribution in [0.25, 0.3) is 11.0 Å². The Morgan fingerprint density at radius 3 is 2.52 bits per heavy atom. The van der Waals surface area contributed by atoms with Crippen molar-refractivity contribution >= 4 is 28.6 Å². The lowest BCUT2D eigenvalue weighted by Gasteiger charge is -2.32. The first-order valence-electron chi connectivity index (χ1n) is 9.53. The van der Waals surface area contributed by atoms with Gasteiger partial charge in [-0.3, -0.25) is 9.59 Å². The molecule has 31 heavy (non-hydrogen) atoms. The van der Waals surface area contributed by atoms with Crippen LogP contribution in [-0.4, -0.2) is 32.3 Å². The van der Waals surface area contributed by atoms with Crippen molar-refractivity contribution in [3.8, 4) is 0 Å². The fourth-order valence-electron chi connectivity index (χ4n) is 3.55. The van der Waals surface area contributed by atoms with Crippen LogP contribution in [0.4, 0.5) is 4.39 Å². The SMILES string of the molecule is CC(C)(C)[C@@H](CO)n1cc(C(=O)O)c(=O)c2cc(Cc3cccc(Cl)c3F)c(=O)[nH]c21. The molecule has 3 N–H and O–H groups in total. The number of nitrogens with one attached hydrogen (secondary N) is 1. The van der Waals surface area contributed by atoms with Crippen LogP contribution in [0.1, 0.15) is 48.3 Å². The van der Waals surface area contributed by atoms with E-state index < -0.39 is 39.8 Å². The second-order valence-corrected chi connectivity index (χ2v) is 8.83. The van der Waals surface area contributed by atoms with Crippen molar-refractivity contribution in [2.24, 2.45) is 5.41 Å². The molecule has 0 saturated heterocycles. The van der Waals surface area contributed by atoms with Crippen molar-refractivity contribution in [3.63, 3.8) is 0 Å². The highest BCUT2D eigenvalue weighted by Crippen LogP contribution is 2.32. The molecule has 164 valence electrons. The topological polar surface area (TPSA) is 112 Å². The highest BCUT2D eigenvalue weighted by atomic mass is 35.5. The molecule has 1 atom stereocenters.